The van der Waals surface area contributed by atoms with Crippen molar-refractivity contribution in [1.82, 2.24) is 0 Å². The summed E-state index contributed by atoms with van der Waals surface area (Å²) in [6.07, 6.45) is -0.0470. The third-order valence-corrected chi connectivity index (χ3v) is 0.791. The molecule has 0 fully saturated rings. The molecule has 0 aliphatic heterocycles. The number of carbonyl (C=O) groups is 1. The molecular weight excluding hydrogens is 172 g/mol. The van der Waals surface area contributed by atoms with Crippen LogP contribution in [0.25, 0.3) is 0 Å². The van der Waals surface area contributed by atoms with E-state index < -0.39 is 0 Å². The van der Waals surface area contributed by atoms with E-state index >= 15 is 0 Å². The monoisotopic (exact) mass is 190 g/mol. The van der Waals surface area contributed by atoms with Crippen molar-refractivity contribution in [3.63, 3.8) is 0 Å². The van der Waals surface area contributed by atoms with Gasteiger partial charge in [0, 0.05) is 5.57 Å². The number of hydrogen-bond donors (Lipinski definition) is 2. The molecule has 4 nitrogen and oxygen atoms in total. The lowest BCUT2D eigenvalue weighted by molar-refractivity contribution is -0.142. The Bertz CT molecular complexity index is 150. The minimum Gasteiger partial charge on any atom is -0.460 e. The smallest absolute Gasteiger partial charge is 0.333 e. The molecule has 0 amide bonds. The van der Waals surface area contributed by atoms with Crippen LogP contribution in [-0.4, -0.2) is 35.5 Å². The molecule has 4 heteroatoms. The van der Waals surface area contributed by atoms with Gasteiger partial charge in [0.15, 0.2) is 0 Å². The first-order chi connectivity index (χ1) is 5.95. The van der Waals surface area contributed by atoms with Gasteiger partial charge in [-0.2, -0.15) is 0 Å². The molecule has 0 unspecified atom stereocenters. The first-order valence-electron chi connectivity index (χ1n) is 4.03. The Hall–Kier alpha value is -0.870. The molecule has 0 radical (unpaired) electrons. The highest BCUT2D eigenvalue weighted by Gasteiger charge is 2.03. The highest BCUT2D eigenvalue weighted by Crippen LogP contribution is 1.95. The van der Waals surface area contributed by atoms with E-state index in [1.165, 1.54) is 0 Å². The van der Waals surface area contributed by atoms with Crippen molar-refractivity contribution < 1.29 is 19.7 Å². The molecule has 0 aliphatic carbocycles. The van der Waals surface area contributed by atoms with Gasteiger partial charge in [0.25, 0.3) is 0 Å². The van der Waals surface area contributed by atoms with E-state index in [2.05, 4.69) is 6.58 Å². The predicted molar refractivity (Wildman–Crippen MR) is 50.2 cm³/mol. The van der Waals surface area contributed by atoms with Gasteiger partial charge in [0.05, 0.1) is 19.3 Å². The van der Waals surface area contributed by atoms with Crippen molar-refractivity contribution in [3.05, 3.63) is 12.2 Å². The van der Waals surface area contributed by atoms with E-state index in [-0.39, 0.29) is 25.3 Å². The lowest BCUT2D eigenvalue weighted by Gasteiger charge is -2.05. The van der Waals surface area contributed by atoms with Crippen LogP contribution in [0.1, 0.15) is 20.8 Å². The van der Waals surface area contributed by atoms with Crippen LogP contribution in [0.15, 0.2) is 12.2 Å². The van der Waals surface area contributed by atoms with Crippen molar-refractivity contribution in [2.75, 3.05) is 13.2 Å². The SMILES string of the molecule is C=C(C)C(=O)OC(C)C.OCCO. The quantitative estimate of drug-likeness (QED) is 0.502. The van der Waals surface area contributed by atoms with E-state index in [1.54, 1.807) is 20.8 Å². The topological polar surface area (TPSA) is 66.8 Å². The summed E-state index contributed by atoms with van der Waals surface area (Å²) in [7, 11) is 0. The van der Waals surface area contributed by atoms with Gasteiger partial charge in [-0.25, -0.2) is 4.79 Å². The van der Waals surface area contributed by atoms with Crippen molar-refractivity contribution in [1.29, 1.82) is 0 Å². The molecule has 13 heavy (non-hydrogen) atoms. The standard InChI is InChI=1S/C7H12O2.C2H6O2/c1-5(2)7(8)9-6(3)4;3-1-2-4/h6H,1H2,2-4H3;3-4H,1-2H2. The van der Waals surface area contributed by atoms with Crippen LogP contribution in [0.4, 0.5) is 0 Å². The molecule has 0 saturated carbocycles. The van der Waals surface area contributed by atoms with E-state index in [0.717, 1.165) is 0 Å². The molecule has 0 bridgehead atoms. The largest absolute Gasteiger partial charge is 0.460 e. The van der Waals surface area contributed by atoms with Crippen LogP contribution in [0.5, 0.6) is 0 Å². The fraction of sp³-hybridized carbons (Fsp3) is 0.667. The van der Waals surface area contributed by atoms with Crippen molar-refractivity contribution in [2.45, 2.75) is 26.9 Å². The Morgan fingerprint density at radius 3 is 1.85 bits per heavy atom. The Morgan fingerprint density at radius 2 is 1.77 bits per heavy atom. The van der Waals surface area contributed by atoms with Crippen LogP contribution in [0.3, 0.4) is 0 Å². The normalized spacial score (nSPS) is 8.77. The second kappa shape index (κ2) is 9.22. The zero-order valence-corrected chi connectivity index (χ0v) is 8.41. The molecule has 0 aromatic heterocycles. The van der Waals surface area contributed by atoms with E-state index in [9.17, 15) is 4.79 Å². The van der Waals surface area contributed by atoms with Crippen LogP contribution in [0, 0.1) is 0 Å². The fourth-order valence-electron chi connectivity index (χ4n) is 0.315. The molecule has 2 N–H and O–H groups in total. The molecule has 0 aromatic carbocycles. The lowest BCUT2D eigenvalue weighted by Crippen LogP contribution is -2.11. The maximum absolute atomic E-state index is 10.6. The number of hydrogen-bond acceptors (Lipinski definition) is 4. The maximum atomic E-state index is 10.6. The Morgan fingerprint density at radius 1 is 1.38 bits per heavy atom. The number of rotatable bonds is 3. The van der Waals surface area contributed by atoms with Crippen LogP contribution in [-0.2, 0) is 9.53 Å². The third-order valence-electron chi connectivity index (χ3n) is 0.791. The van der Waals surface area contributed by atoms with Gasteiger partial charge < -0.3 is 14.9 Å². The molecule has 0 spiro atoms. The minimum absolute atomic E-state index is 0.0470. The summed E-state index contributed by atoms with van der Waals surface area (Å²) in [5.41, 5.74) is 0.448. The second-order valence-corrected chi connectivity index (χ2v) is 2.68. The number of esters is 1. The van der Waals surface area contributed by atoms with Crippen LogP contribution >= 0.6 is 0 Å². The maximum Gasteiger partial charge on any atom is 0.333 e. The second-order valence-electron chi connectivity index (χ2n) is 2.68. The average Bonchev–Trinajstić information content (AvgIpc) is 2.03. The highest BCUT2D eigenvalue weighted by atomic mass is 16.5. The third kappa shape index (κ3) is 14.0. The highest BCUT2D eigenvalue weighted by molar-refractivity contribution is 5.87. The van der Waals surface area contributed by atoms with Crippen LogP contribution in [0.2, 0.25) is 0 Å². The molecule has 0 atom stereocenters. The first kappa shape index (κ1) is 14.6. The molecule has 0 heterocycles. The van der Waals surface area contributed by atoms with Gasteiger partial charge in [-0.1, -0.05) is 6.58 Å². The van der Waals surface area contributed by atoms with Gasteiger partial charge >= 0.3 is 5.97 Å². The van der Waals surface area contributed by atoms with Gasteiger partial charge in [-0.05, 0) is 20.8 Å². The Kier molecular flexibility index (Phi) is 10.4. The van der Waals surface area contributed by atoms with Gasteiger partial charge in [0.1, 0.15) is 0 Å². The number of aliphatic hydroxyl groups excluding tert-OH is 2. The number of carbonyl (C=O) groups excluding carboxylic acids is 1. The molecule has 0 rings (SSSR count). The zero-order chi connectivity index (χ0) is 10.9. The summed E-state index contributed by atoms with van der Waals surface area (Å²) in [4.78, 5) is 10.6. The summed E-state index contributed by atoms with van der Waals surface area (Å²) in [6, 6.07) is 0. The summed E-state index contributed by atoms with van der Waals surface area (Å²) < 4.78 is 4.77. The lowest BCUT2D eigenvalue weighted by atomic mass is 10.3. The molecule has 0 aliphatic rings. The summed E-state index contributed by atoms with van der Waals surface area (Å²) >= 11 is 0. The zero-order valence-electron chi connectivity index (χ0n) is 8.41. The van der Waals surface area contributed by atoms with Crippen molar-refractivity contribution in [3.8, 4) is 0 Å². The molecular formula is C9H18O4. The van der Waals surface area contributed by atoms with Crippen LogP contribution < -0.4 is 0 Å². The summed E-state index contributed by atoms with van der Waals surface area (Å²) in [5.74, 6) is -0.315. The van der Waals surface area contributed by atoms with Gasteiger partial charge in [-0.3, -0.25) is 0 Å². The Labute approximate surface area is 78.8 Å². The van der Waals surface area contributed by atoms with Crippen molar-refractivity contribution >= 4 is 5.97 Å². The molecule has 78 valence electrons. The summed E-state index contributed by atoms with van der Waals surface area (Å²) in [5, 5.41) is 15.2. The number of aliphatic hydroxyl groups is 2. The predicted octanol–water partition coefficient (Wildman–Crippen LogP) is 0.485. The average molecular weight is 190 g/mol. The van der Waals surface area contributed by atoms with Crippen molar-refractivity contribution in [2.24, 2.45) is 0 Å². The van der Waals surface area contributed by atoms with E-state index in [0.29, 0.717) is 5.57 Å². The Balaban J connectivity index is 0. The molecule has 0 aromatic rings. The molecule has 0 saturated heterocycles. The van der Waals surface area contributed by atoms with Gasteiger partial charge in [0.2, 0.25) is 0 Å². The van der Waals surface area contributed by atoms with E-state index in [4.69, 9.17) is 14.9 Å². The van der Waals surface area contributed by atoms with Gasteiger partial charge in [-0.15, -0.1) is 0 Å². The fourth-order valence-corrected chi connectivity index (χ4v) is 0.315. The number of ether oxygens (including phenoxy) is 1. The van der Waals surface area contributed by atoms with E-state index in [1.807, 2.05) is 0 Å². The minimum atomic E-state index is -0.315. The summed E-state index contributed by atoms with van der Waals surface area (Å²) in [6.45, 7) is 8.43. The first-order valence-corrected chi connectivity index (χ1v) is 4.03.